The summed E-state index contributed by atoms with van der Waals surface area (Å²) in [7, 11) is 0. The molecule has 0 amide bonds. The molecule has 5 rings (SSSR count). The minimum Gasteiger partial charge on any atom is -0.378 e. The Morgan fingerprint density at radius 3 is 2.72 bits per heavy atom. The predicted molar refractivity (Wildman–Crippen MR) is 122 cm³/mol. The monoisotopic (exact) mass is 452 g/mol. The van der Waals surface area contributed by atoms with Gasteiger partial charge in [0.2, 0.25) is 5.95 Å². The van der Waals surface area contributed by atoms with Crippen LogP contribution in [0.1, 0.15) is 34.8 Å². The van der Waals surface area contributed by atoms with Crippen molar-refractivity contribution in [2.45, 2.75) is 36.6 Å². The molecule has 0 N–H and O–H groups in total. The molecule has 2 aromatic carbocycles. The summed E-state index contributed by atoms with van der Waals surface area (Å²) in [5.41, 5.74) is 4.00. The van der Waals surface area contributed by atoms with Gasteiger partial charge in [0.15, 0.2) is 10.9 Å². The molecule has 32 heavy (non-hydrogen) atoms. The number of ether oxygens (including phenoxy) is 1. The summed E-state index contributed by atoms with van der Waals surface area (Å²) in [6.07, 6.45) is 3.28. The number of anilines is 1. The number of halogens is 1. The van der Waals surface area contributed by atoms with Crippen LogP contribution in [0.2, 0.25) is 0 Å². The van der Waals surface area contributed by atoms with E-state index in [-0.39, 0.29) is 16.9 Å². The summed E-state index contributed by atoms with van der Waals surface area (Å²) in [6, 6.07) is 12.4. The molecule has 1 saturated heterocycles. The van der Waals surface area contributed by atoms with Gasteiger partial charge in [0, 0.05) is 18.7 Å². The first-order valence-electron chi connectivity index (χ1n) is 11.0. The fraction of sp³-hybridized carbons (Fsp3) is 0.375. The van der Waals surface area contributed by atoms with E-state index in [4.69, 9.17) is 4.74 Å². The van der Waals surface area contributed by atoms with E-state index >= 15 is 0 Å². The van der Waals surface area contributed by atoms with Crippen LogP contribution in [-0.4, -0.2) is 52.1 Å². The number of Topliss-reactive ketones (excluding diaryl/α,β-unsaturated/α-hetero) is 1. The average molecular weight is 453 g/mol. The van der Waals surface area contributed by atoms with Crippen molar-refractivity contribution in [1.29, 1.82) is 0 Å². The van der Waals surface area contributed by atoms with E-state index in [1.54, 1.807) is 6.07 Å². The zero-order chi connectivity index (χ0) is 22.1. The Labute approximate surface area is 190 Å². The Kier molecular flexibility index (Phi) is 5.97. The molecule has 1 aliphatic carbocycles. The second kappa shape index (κ2) is 9.03. The molecular weight excluding hydrogens is 427 g/mol. The number of fused-ring (bicyclic) bond motifs is 1. The van der Waals surface area contributed by atoms with Gasteiger partial charge in [-0.2, -0.15) is 0 Å². The van der Waals surface area contributed by atoms with Crippen LogP contribution in [0.15, 0.2) is 47.6 Å². The van der Waals surface area contributed by atoms with Crippen LogP contribution in [0.25, 0.3) is 5.69 Å². The zero-order valence-electron chi connectivity index (χ0n) is 18.0. The fourth-order valence-electron chi connectivity index (χ4n) is 4.32. The van der Waals surface area contributed by atoms with Crippen LogP contribution in [0.4, 0.5) is 10.3 Å². The second-order valence-corrected chi connectivity index (χ2v) is 9.47. The smallest absolute Gasteiger partial charge is 0.232 e. The van der Waals surface area contributed by atoms with Gasteiger partial charge >= 0.3 is 0 Å². The molecule has 0 unspecified atom stereocenters. The average Bonchev–Trinajstić information content (AvgIpc) is 3.45. The number of hydrogen-bond donors (Lipinski definition) is 0. The van der Waals surface area contributed by atoms with Gasteiger partial charge in [-0.25, -0.2) is 4.39 Å². The lowest BCUT2D eigenvalue weighted by molar-refractivity contribution is 0.0993. The molecule has 2 aliphatic rings. The van der Waals surface area contributed by atoms with Crippen molar-refractivity contribution in [2.75, 3.05) is 31.2 Å². The lowest BCUT2D eigenvalue weighted by Crippen LogP contribution is -2.37. The molecule has 1 aliphatic heterocycles. The second-order valence-electron chi connectivity index (χ2n) is 8.16. The summed E-state index contributed by atoms with van der Waals surface area (Å²) in [6.45, 7) is 4.46. The molecule has 0 bridgehead atoms. The van der Waals surface area contributed by atoms with Gasteiger partial charge in [0.25, 0.3) is 0 Å². The van der Waals surface area contributed by atoms with Gasteiger partial charge in [-0.3, -0.25) is 9.36 Å². The van der Waals surface area contributed by atoms with E-state index in [0.717, 1.165) is 24.8 Å². The van der Waals surface area contributed by atoms with Crippen molar-refractivity contribution in [3.05, 3.63) is 65.0 Å². The van der Waals surface area contributed by atoms with Crippen LogP contribution in [0, 0.1) is 5.82 Å². The van der Waals surface area contributed by atoms with Crippen LogP contribution < -0.4 is 4.90 Å². The highest BCUT2D eigenvalue weighted by Gasteiger charge is 2.26. The predicted octanol–water partition coefficient (Wildman–Crippen LogP) is 4.10. The molecule has 1 aromatic heterocycles. The number of nitrogens with zero attached hydrogens (tertiary/aromatic N) is 4. The highest BCUT2D eigenvalue weighted by Crippen LogP contribution is 2.32. The number of aromatic nitrogens is 3. The molecule has 0 saturated carbocycles. The fourth-order valence-corrected chi connectivity index (χ4v) is 5.26. The molecule has 0 radical (unpaired) electrons. The van der Waals surface area contributed by atoms with Crippen molar-refractivity contribution < 1.29 is 13.9 Å². The maximum Gasteiger partial charge on any atom is 0.232 e. The van der Waals surface area contributed by atoms with Gasteiger partial charge in [-0.15, -0.1) is 10.2 Å². The summed E-state index contributed by atoms with van der Waals surface area (Å²) < 4.78 is 21.3. The van der Waals surface area contributed by atoms with E-state index in [2.05, 4.69) is 21.2 Å². The Morgan fingerprint density at radius 2 is 1.91 bits per heavy atom. The number of carbonyl (C=O) groups excluding carboxylic acids is 1. The van der Waals surface area contributed by atoms with E-state index in [9.17, 15) is 9.18 Å². The number of benzene rings is 2. The Hall–Kier alpha value is -2.71. The van der Waals surface area contributed by atoms with Crippen LogP contribution in [0.3, 0.4) is 0 Å². The van der Waals surface area contributed by atoms with Gasteiger partial charge in [-0.05, 0) is 61.6 Å². The third-order valence-corrected chi connectivity index (χ3v) is 7.05. The zero-order valence-corrected chi connectivity index (χ0v) is 18.8. The maximum atomic E-state index is 14.0. The Morgan fingerprint density at radius 1 is 1.09 bits per heavy atom. The van der Waals surface area contributed by atoms with Gasteiger partial charge in [-0.1, -0.05) is 30.0 Å². The molecule has 166 valence electrons. The van der Waals surface area contributed by atoms with E-state index in [1.165, 1.54) is 35.0 Å². The number of aryl methyl sites for hydroxylation is 2. The minimum absolute atomic E-state index is 0.0615. The summed E-state index contributed by atoms with van der Waals surface area (Å²) >= 11 is 1.35. The van der Waals surface area contributed by atoms with Crippen molar-refractivity contribution in [3.63, 3.8) is 0 Å². The standard InChI is InChI=1S/C24H25FN4O2S/c1-16(22(30)19-9-8-17-4-2-5-18(17)14-19)32-24-27-26-23(28-10-12-31-13-11-28)29(24)21-7-3-6-20(25)15-21/h3,6-9,14-16H,2,4-5,10-13H2,1H3/t16-/m1/s1. The summed E-state index contributed by atoms with van der Waals surface area (Å²) in [4.78, 5) is 15.3. The minimum atomic E-state index is -0.358. The first-order valence-corrected chi connectivity index (χ1v) is 11.8. The molecule has 8 heteroatoms. The highest BCUT2D eigenvalue weighted by atomic mass is 32.2. The highest BCUT2D eigenvalue weighted by molar-refractivity contribution is 8.00. The SMILES string of the molecule is C[C@@H](Sc1nnc(N2CCOCC2)n1-c1cccc(F)c1)C(=O)c1ccc2c(c1)CCC2. The van der Waals surface area contributed by atoms with E-state index in [1.807, 2.05) is 29.7 Å². The van der Waals surface area contributed by atoms with Crippen molar-refractivity contribution in [1.82, 2.24) is 14.8 Å². The Bertz CT molecular complexity index is 1140. The largest absolute Gasteiger partial charge is 0.378 e. The number of morpholine rings is 1. The Balaban J connectivity index is 1.45. The number of rotatable bonds is 6. The van der Waals surface area contributed by atoms with E-state index < -0.39 is 0 Å². The normalized spacial score (nSPS) is 16.8. The van der Waals surface area contributed by atoms with Gasteiger partial charge < -0.3 is 9.64 Å². The molecule has 0 spiro atoms. The number of hydrogen-bond acceptors (Lipinski definition) is 6. The first kappa shape index (κ1) is 21.2. The number of carbonyl (C=O) groups is 1. The van der Waals surface area contributed by atoms with E-state index in [0.29, 0.717) is 43.1 Å². The summed E-state index contributed by atoms with van der Waals surface area (Å²) in [5.74, 6) is 0.368. The molecule has 6 nitrogen and oxygen atoms in total. The third kappa shape index (κ3) is 4.17. The van der Waals surface area contributed by atoms with Crippen LogP contribution >= 0.6 is 11.8 Å². The number of ketones is 1. The quantitative estimate of drug-likeness (QED) is 0.415. The molecule has 2 heterocycles. The van der Waals surface area contributed by atoms with Crippen molar-refractivity contribution >= 4 is 23.5 Å². The first-order chi connectivity index (χ1) is 15.6. The lowest BCUT2D eigenvalue weighted by Gasteiger charge is -2.28. The van der Waals surface area contributed by atoms with Crippen LogP contribution in [0.5, 0.6) is 0 Å². The third-order valence-electron chi connectivity index (χ3n) is 6.01. The molecule has 1 fully saturated rings. The molecular formula is C24H25FN4O2S. The van der Waals surface area contributed by atoms with Gasteiger partial charge in [0.1, 0.15) is 5.82 Å². The molecule has 3 aromatic rings. The van der Waals surface area contributed by atoms with Crippen molar-refractivity contribution in [2.24, 2.45) is 0 Å². The van der Waals surface area contributed by atoms with Crippen molar-refractivity contribution in [3.8, 4) is 5.69 Å². The van der Waals surface area contributed by atoms with Crippen LogP contribution in [-0.2, 0) is 17.6 Å². The topological polar surface area (TPSA) is 60.2 Å². The van der Waals surface area contributed by atoms with Gasteiger partial charge in [0.05, 0.1) is 24.2 Å². The summed E-state index contributed by atoms with van der Waals surface area (Å²) in [5, 5.41) is 9.01. The maximum absolute atomic E-state index is 14.0. The number of thioether (sulfide) groups is 1. The molecule has 1 atom stereocenters. The lowest BCUT2D eigenvalue weighted by atomic mass is 10.0.